The summed E-state index contributed by atoms with van der Waals surface area (Å²) in [6.07, 6.45) is 0. The first-order valence-electron chi connectivity index (χ1n) is 9.51. The second-order valence-corrected chi connectivity index (χ2v) is 7.71. The number of nitriles is 1. The first kappa shape index (κ1) is 20.7. The summed E-state index contributed by atoms with van der Waals surface area (Å²) >= 11 is 12.6. The molecule has 0 aliphatic rings. The van der Waals surface area contributed by atoms with Gasteiger partial charge in [-0.15, -0.1) is 0 Å². The molecule has 1 N–H and O–H groups in total. The summed E-state index contributed by atoms with van der Waals surface area (Å²) in [5, 5.41) is 12.7. The Bertz CT molecular complexity index is 1290. The lowest BCUT2D eigenvalue weighted by Gasteiger charge is -2.11. The van der Waals surface area contributed by atoms with E-state index < -0.39 is 0 Å². The Morgan fingerprint density at radius 1 is 0.742 bits per heavy atom. The van der Waals surface area contributed by atoms with E-state index in [2.05, 4.69) is 17.4 Å². The smallest absolute Gasteiger partial charge is 0.255 e. The lowest BCUT2D eigenvalue weighted by Crippen LogP contribution is -2.12. The molecule has 0 unspecified atom stereocenters. The lowest BCUT2D eigenvalue weighted by molar-refractivity contribution is 0.102. The van der Waals surface area contributed by atoms with Gasteiger partial charge in [0, 0.05) is 16.1 Å². The Labute approximate surface area is 190 Å². The second kappa shape index (κ2) is 9.06. The fourth-order valence-electron chi connectivity index (χ4n) is 3.25. The normalized spacial score (nSPS) is 10.4. The van der Waals surface area contributed by atoms with E-state index in [9.17, 15) is 4.79 Å². The first-order chi connectivity index (χ1) is 15.0. The number of anilines is 1. The molecule has 0 saturated heterocycles. The molecule has 31 heavy (non-hydrogen) atoms. The summed E-state index contributed by atoms with van der Waals surface area (Å²) in [7, 11) is 0. The van der Waals surface area contributed by atoms with E-state index in [4.69, 9.17) is 28.5 Å². The SMILES string of the molecule is N#Cc1ccc(Cl)c(NC(=O)c2ccc(Cl)c(-c3ccc(-c4ccccc4)cc3)c2)c1. The van der Waals surface area contributed by atoms with Crippen LogP contribution in [0.3, 0.4) is 0 Å². The van der Waals surface area contributed by atoms with Crippen LogP contribution in [0.15, 0.2) is 91.0 Å². The number of nitrogens with zero attached hydrogens (tertiary/aromatic N) is 1. The molecule has 0 aliphatic carbocycles. The standard InChI is InChI=1S/C26H16Cl2N2O/c27-23-13-11-21(26(31)30-25-14-17(16-29)6-12-24(25)28)15-22(23)20-9-7-19(8-10-20)18-4-2-1-3-5-18/h1-15H,(H,30,31). The summed E-state index contributed by atoms with van der Waals surface area (Å²) in [4.78, 5) is 12.8. The second-order valence-electron chi connectivity index (χ2n) is 6.90. The van der Waals surface area contributed by atoms with Crippen molar-refractivity contribution in [1.29, 1.82) is 5.26 Å². The lowest BCUT2D eigenvalue weighted by atomic mass is 9.99. The minimum Gasteiger partial charge on any atom is -0.321 e. The Balaban J connectivity index is 1.62. The number of nitrogens with one attached hydrogen (secondary N) is 1. The van der Waals surface area contributed by atoms with Gasteiger partial charge in [0.15, 0.2) is 0 Å². The van der Waals surface area contributed by atoms with Crippen molar-refractivity contribution in [3.05, 3.63) is 112 Å². The summed E-state index contributed by atoms with van der Waals surface area (Å²) in [6, 6.07) is 30.0. The quantitative estimate of drug-likeness (QED) is 0.356. The van der Waals surface area contributed by atoms with Gasteiger partial charge in [-0.25, -0.2) is 0 Å². The molecule has 5 heteroatoms. The van der Waals surface area contributed by atoms with Crippen molar-refractivity contribution < 1.29 is 4.79 Å². The van der Waals surface area contributed by atoms with Crippen molar-refractivity contribution in [1.82, 2.24) is 0 Å². The number of amides is 1. The van der Waals surface area contributed by atoms with Crippen molar-refractivity contribution >= 4 is 34.8 Å². The van der Waals surface area contributed by atoms with E-state index in [1.54, 1.807) is 36.4 Å². The Kier molecular flexibility index (Phi) is 6.04. The van der Waals surface area contributed by atoms with Crippen LogP contribution in [0, 0.1) is 11.3 Å². The molecule has 1 amide bonds. The van der Waals surface area contributed by atoms with Gasteiger partial charge >= 0.3 is 0 Å². The summed E-state index contributed by atoms with van der Waals surface area (Å²) in [5.74, 6) is -0.337. The van der Waals surface area contributed by atoms with E-state index in [1.807, 2.05) is 48.5 Å². The van der Waals surface area contributed by atoms with Crippen LogP contribution in [0.2, 0.25) is 10.0 Å². The van der Waals surface area contributed by atoms with Crippen LogP contribution < -0.4 is 5.32 Å². The molecule has 150 valence electrons. The van der Waals surface area contributed by atoms with Crippen molar-refractivity contribution in [3.8, 4) is 28.3 Å². The van der Waals surface area contributed by atoms with Crippen molar-refractivity contribution in [2.45, 2.75) is 0 Å². The van der Waals surface area contributed by atoms with Gasteiger partial charge in [-0.2, -0.15) is 5.26 Å². The predicted molar refractivity (Wildman–Crippen MR) is 126 cm³/mol. The number of benzene rings is 4. The van der Waals surface area contributed by atoms with Crippen LogP contribution >= 0.6 is 23.2 Å². The highest BCUT2D eigenvalue weighted by molar-refractivity contribution is 6.34. The largest absolute Gasteiger partial charge is 0.321 e. The van der Waals surface area contributed by atoms with Gasteiger partial charge in [0.1, 0.15) is 0 Å². The van der Waals surface area contributed by atoms with Crippen molar-refractivity contribution in [2.24, 2.45) is 0 Å². The molecular weight excluding hydrogens is 427 g/mol. The zero-order valence-electron chi connectivity index (χ0n) is 16.3. The molecule has 0 heterocycles. The fourth-order valence-corrected chi connectivity index (χ4v) is 3.64. The van der Waals surface area contributed by atoms with Crippen LogP contribution in [0.4, 0.5) is 5.69 Å². The highest BCUT2D eigenvalue weighted by atomic mass is 35.5. The predicted octanol–water partition coefficient (Wildman–Crippen LogP) is 7.45. The molecule has 0 aliphatic heterocycles. The number of halogens is 2. The highest BCUT2D eigenvalue weighted by Crippen LogP contribution is 2.31. The molecule has 0 fully saturated rings. The van der Waals surface area contributed by atoms with Gasteiger partial charge < -0.3 is 5.32 Å². The molecule has 4 rings (SSSR count). The van der Waals surface area contributed by atoms with Crippen molar-refractivity contribution in [3.63, 3.8) is 0 Å². The van der Waals surface area contributed by atoms with E-state index in [0.29, 0.717) is 26.9 Å². The minimum absolute atomic E-state index is 0.337. The third-order valence-electron chi connectivity index (χ3n) is 4.88. The zero-order chi connectivity index (χ0) is 21.8. The molecule has 0 aromatic heterocycles. The summed E-state index contributed by atoms with van der Waals surface area (Å²) in [6.45, 7) is 0. The maximum absolute atomic E-state index is 12.8. The van der Waals surface area contributed by atoms with Crippen LogP contribution in [-0.2, 0) is 0 Å². The van der Waals surface area contributed by atoms with Crippen LogP contribution in [0.5, 0.6) is 0 Å². The summed E-state index contributed by atoms with van der Waals surface area (Å²) in [5.41, 5.74) is 5.12. The van der Waals surface area contributed by atoms with Crippen molar-refractivity contribution in [2.75, 3.05) is 5.32 Å². The Hall–Kier alpha value is -3.58. The third-order valence-corrected chi connectivity index (χ3v) is 5.53. The average Bonchev–Trinajstić information content (AvgIpc) is 2.81. The van der Waals surface area contributed by atoms with Gasteiger partial charge in [0.05, 0.1) is 22.3 Å². The number of hydrogen-bond donors (Lipinski definition) is 1. The maximum Gasteiger partial charge on any atom is 0.255 e. The molecule has 0 saturated carbocycles. The monoisotopic (exact) mass is 442 g/mol. The average molecular weight is 443 g/mol. The van der Waals surface area contributed by atoms with E-state index >= 15 is 0 Å². The molecule has 0 radical (unpaired) electrons. The highest BCUT2D eigenvalue weighted by Gasteiger charge is 2.13. The van der Waals surface area contributed by atoms with Gasteiger partial charge in [-0.3, -0.25) is 4.79 Å². The number of carbonyl (C=O) groups is 1. The van der Waals surface area contributed by atoms with Gasteiger partial charge in [0.25, 0.3) is 5.91 Å². The van der Waals surface area contributed by atoms with E-state index in [-0.39, 0.29) is 5.91 Å². The number of carbonyl (C=O) groups excluding carboxylic acids is 1. The number of hydrogen-bond acceptors (Lipinski definition) is 2. The molecular formula is C26H16Cl2N2O. The topological polar surface area (TPSA) is 52.9 Å². The fraction of sp³-hybridized carbons (Fsp3) is 0. The molecule has 0 bridgehead atoms. The Morgan fingerprint density at radius 3 is 2.10 bits per heavy atom. The first-order valence-corrected chi connectivity index (χ1v) is 10.3. The molecule has 4 aromatic rings. The maximum atomic E-state index is 12.8. The van der Waals surface area contributed by atoms with E-state index in [1.165, 1.54) is 0 Å². The molecule has 0 atom stereocenters. The molecule has 3 nitrogen and oxygen atoms in total. The van der Waals surface area contributed by atoms with Gasteiger partial charge in [-0.1, -0.05) is 77.8 Å². The number of rotatable bonds is 4. The minimum atomic E-state index is -0.337. The molecule has 0 spiro atoms. The Morgan fingerprint density at radius 2 is 1.39 bits per heavy atom. The van der Waals surface area contributed by atoms with Crippen LogP contribution in [0.25, 0.3) is 22.3 Å². The van der Waals surface area contributed by atoms with Gasteiger partial charge in [-0.05, 0) is 53.1 Å². The summed E-state index contributed by atoms with van der Waals surface area (Å²) < 4.78 is 0. The van der Waals surface area contributed by atoms with Gasteiger partial charge in [0.2, 0.25) is 0 Å². The third kappa shape index (κ3) is 4.62. The van der Waals surface area contributed by atoms with Crippen LogP contribution in [0.1, 0.15) is 15.9 Å². The van der Waals surface area contributed by atoms with E-state index in [0.717, 1.165) is 22.3 Å². The zero-order valence-corrected chi connectivity index (χ0v) is 17.8. The van der Waals surface area contributed by atoms with Crippen LogP contribution in [-0.4, -0.2) is 5.91 Å². The molecule has 4 aromatic carbocycles.